The molecule has 1 rings (SSSR count). The summed E-state index contributed by atoms with van der Waals surface area (Å²) < 4.78 is 0.907. The molecule has 0 aromatic heterocycles. The number of hydrogen-bond donors (Lipinski definition) is 2. The number of nitrogens with one attached hydrogen (secondary N) is 1. The van der Waals surface area contributed by atoms with Gasteiger partial charge in [0, 0.05) is 9.13 Å². The first-order chi connectivity index (χ1) is 7.58. The summed E-state index contributed by atoms with van der Waals surface area (Å²) in [5, 5.41) is 12.3. The highest BCUT2D eigenvalue weighted by Gasteiger charge is 2.12. The van der Waals surface area contributed by atoms with Gasteiger partial charge < -0.3 is 10.4 Å². The van der Waals surface area contributed by atoms with Gasteiger partial charge in [0.1, 0.15) is 0 Å². The Morgan fingerprint density at radius 3 is 2.81 bits per heavy atom. The largest absolute Gasteiger partial charge is 0.394 e. The highest BCUT2D eigenvalue weighted by molar-refractivity contribution is 14.1. The molecule has 0 radical (unpaired) electrons. The van der Waals surface area contributed by atoms with Crippen LogP contribution in [0.4, 0.5) is 0 Å². The smallest absolute Gasteiger partial charge is 0.251 e. The van der Waals surface area contributed by atoms with Crippen LogP contribution in [0.5, 0.6) is 0 Å². The quantitative estimate of drug-likeness (QED) is 0.817. The molecule has 1 aromatic rings. The van der Waals surface area contributed by atoms with E-state index < -0.39 is 0 Å². The molecular weight excluding hydrogens is 340 g/mol. The van der Waals surface area contributed by atoms with Gasteiger partial charge in [-0.1, -0.05) is 18.5 Å². The molecule has 0 aliphatic rings. The molecule has 0 unspecified atom stereocenters. The number of amides is 1. The van der Waals surface area contributed by atoms with E-state index in [-0.39, 0.29) is 18.6 Å². The Balaban J connectivity index is 2.76. The first kappa shape index (κ1) is 13.7. The fourth-order valence-electron chi connectivity index (χ4n) is 1.18. The summed E-state index contributed by atoms with van der Waals surface area (Å²) >= 11 is 8.03. The Labute approximate surface area is 113 Å². The maximum Gasteiger partial charge on any atom is 0.251 e. The monoisotopic (exact) mass is 353 g/mol. The molecule has 0 saturated carbocycles. The summed E-state index contributed by atoms with van der Waals surface area (Å²) in [6, 6.07) is 4.93. The number of aliphatic hydroxyl groups excluding tert-OH is 1. The molecule has 5 heteroatoms. The van der Waals surface area contributed by atoms with Crippen LogP contribution in [0.2, 0.25) is 5.02 Å². The maximum atomic E-state index is 11.8. The Morgan fingerprint density at radius 2 is 2.31 bits per heavy atom. The molecule has 3 nitrogen and oxygen atoms in total. The van der Waals surface area contributed by atoms with Gasteiger partial charge in [-0.25, -0.2) is 0 Å². The zero-order chi connectivity index (χ0) is 12.1. The van der Waals surface area contributed by atoms with E-state index in [9.17, 15) is 4.79 Å². The SMILES string of the molecule is CC[C@H](CO)NC(=O)c1ccc(I)c(Cl)c1. The summed E-state index contributed by atoms with van der Waals surface area (Å²) in [5.74, 6) is -0.209. The molecule has 0 saturated heterocycles. The topological polar surface area (TPSA) is 49.3 Å². The van der Waals surface area contributed by atoms with Crippen LogP contribution in [-0.2, 0) is 0 Å². The average Bonchev–Trinajstić information content (AvgIpc) is 2.29. The van der Waals surface area contributed by atoms with Gasteiger partial charge in [0.25, 0.3) is 5.91 Å². The van der Waals surface area contributed by atoms with E-state index in [1.165, 1.54) is 0 Å². The molecule has 0 fully saturated rings. The summed E-state index contributed by atoms with van der Waals surface area (Å²) in [7, 11) is 0. The van der Waals surface area contributed by atoms with Crippen molar-refractivity contribution >= 4 is 40.1 Å². The molecule has 0 aliphatic carbocycles. The van der Waals surface area contributed by atoms with Crippen molar-refractivity contribution in [3.05, 3.63) is 32.4 Å². The lowest BCUT2D eigenvalue weighted by Crippen LogP contribution is -2.36. The van der Waals surface area contributed by atoms with Crippen molar-refractivity contribution in [2.75, 3.05) is 6.61 Å². The van der Waals surface area contributed by atoms with Gasteiger partial charge in [0.15, 0.2) is 0 Å². The number of benzene rings is 1. The molecule has 16 heavy (non-hydrogen) atoms. The van der Waals surface area contributed by atoms with E-state index in [1.54, 1.807) is 18.2 Å². The molecule has 0 heterocycles. The van der Waals surface area contributed by atoms with E-state index in [0.29, 0.717) is 17.0 Å². The number of carbonyl (C=O) groups excluding carboxylic acids is 1. The van der Waals surface area contributed by atoms with E-state index in [0.717, 1.165) is 3.57 Å². The van der Waals surface area contributed by atoms with Gasteiger partial charge in [-0.2, -0.15) is 0 Å². The molecule has 2 N–H and O–H groups in total. The first-order valence-electron chi connectivity index (χ1n) is 4.95. The van der Waals surface area contributed by atoms with Crippen LogP contribution in [0.25, 0.3) is 0 Å². The Hall–Kier alpha value is -0.330. The molecule has 1 aromatic carbocycles. The second-order valence-electron chi connectivity index (χ2n) is 3.39. The van der Waals surface area contributed by atoms with E-state index in [1.807, 2.05) is 6.92 Å². The minimum Gasteiger partial charge on any atom is -0.394 e. The van der Waals surface area contributed by atoms with Crippen molar-refractivity contribution in [1.29, 1.82) is 0 Å². The molecule has 88 valence electrons. The van der Waals surface area contributed by atoms with Gasteiger partial charge in [-0.3, -0.25) is 4.79 Å². The maximum absolute atomic E-state index is 11.8. The lowest BCUT2D eigenvalue weighted by Gasteiger charge is -2.14. The number of halogens is 2. The van der Waals surface area contributed by atoms with E-state index in [2.05, 4.69) is 27.9 Å². The fourth-order valence-corrected chi connectivity index (χ4v) is 1.70. The lowest BCUT2D eigenvalue weighted by atomic mass is 10.2. The van der Waals surface area contributed by atoms with Crippen LogP contribution in [0.15, 0.2) is 18.2 Å². The Kier molecular flexibility index (Phi) is 5.51. The standard InChI is InChI=1S/C11H13ClINO2/c1-2-8(6-15)14-11(16)7-3-4-10(13)9(12)5-7/h3-5,8,15H,2,6H2,1H3,(H,14,16)/t8-/m1/s1. The summed E-state index contributed by atoms with van der Waals surface area (Å²) in [5.41, 5.74) is 0.511. The summed E-state index contributed by atoms with van der Waals surface area (Å²) in [6.07, 6.45) is 0.695. The van der Waals surface area contributed by atoms with Gasteiger partial charge in [0.05, 0.1) is 17.7 Å². The molecule has 0 spiro atoms. The lowest BCUT2D eigenvalue weighted by molar-refractivity contribution is 0.0915. The number of rotatable bonds is 4. The number of hydrogen-bond acceptors (Lipinski definition) is 2. The molecular formula is C11H13ClINO2. The van der Waals surface area contributed by atoms with Gasteiger partial charge in [0.2, 0.25) is 0 Å². The van der Waals surface area contributed by atoms with Gasteiger partial charge in [-0.15, -0.1) is 0 Å². The van der Waals surface area contributed by atoms with Crippen LogP contribution >= 0.6 is 34.2 Å². The molecule has 1 amide bonds. The van der Waals surface area contributed by atoms with Crippen LogP contribution < -0.4 is 5.32 Å². The Bertz CT molecular complexity index is 380. The Morgan fingerprint density at radius 1 is 1.62 bits per heavy atom. The van der Waals surface area contributed by atoms with Crippen molar-refractivity contribution < 1.29 is 9.90 Å². The first-order valence-corrected chi connectivity index (χ1v) is 6.41. The molecule has 1 atom stereocenters. The summed E-state index contributed by atoms with van der Waals surface area (Å²) in [4.78, 5) is 11.8. The highest BCUT2D eigenvalue weighted by atomic mass is 127. The van der Waals surface area contributed by atoms with Gasteiger partial charge in [-0.05, 0) is 47.2 Å². The van der Waals surface area contributed by atoms with E-state index in [4.69, 9.17) is 16.7 Å². The zero-order valence-electron chi connectivity index (χ0n) is 8.84. The third-order valence-corrected chi connectivity index (χ3v) is 3.80. The normalized spacial score (nSPS) is 12.2. The fraction of sp³-hybridized carbons (Fsp3) is 0.364. The summed E-state index contributed by atoms with van der Waals surface area (Å²) in [6.45, 7) is 1.85. The van der Waals surface area contributed by atoms with Crippen molar-refractivity contribution in [3.63, 3.8) is 0 Å². The van der Waals surface area contributed by atoms with E-state index >= 15 is 0 Å². The van der Waals surface area contributed by atoms with Crippen molar-refractivity contribution in [2.45, 2.75) is 19.4 Å². The number of carbonyl (C=O) groups is 1. The second-order valence-corrected chi connectivity index (χ2v) is 4.96. The second kappa shape index (κ2) is 6.42. The molecule has 0 bridgehead atoms. The van der Waals surface area contributed by atoms with Crippen molar-refractivity contribution in [2.24, 2.45) is 0 Å². The minimum atomic E-state index is -0.209. The van der Waals surface area contributed by atoms with Crippen LogP contribution in [0.3, 0.4) is 0 Å². The van der Waals surface area contributed by atoms with Gasteiger partial charge >= 0.3 is 0 Å². The third-order valence-electron chi connectivity index (χ3n) is 2.23. The highest BCUT2D eigenvalue weighted by Crippen LogP contribution is 2.19. The van der Waals surface area contributed by atoms with Crippen molar-refractivity contribution in [3.8, 4) is 0 Å². The predicted octanol–water partition coefficient (Wildman–Crippen LogP) is 2.45. The minimum absolute atomic E-state index is 0.0552. The van der Waals surface area contributed by atoms with Crippen LogP contribution in [0, 0.1) is 3.57 Å². The van der Waals surface area contributed by atoms with Crippen LogP contribution in [-0.4, -0.2) is 23.7 Å². The van der Waals surface area contributed by atoms with Crippen molar-refractivity contribution in [1.82, 2.24) is 5.32 Å². The average molecular weight is 354 g/mol. The van der Waals surface area contributed by atoms with Crippen LogP contribution in [0.1, 0.15) is 23.7 Å². The number of aliphatic hydroxyl groups is 1. The predicted molar refractivity (Wildman–Crippen MR) is 72.8 cm³/mol. The third kappa shape index (κ3) is 3.61. The molecule has 0 aliphatic heterocycles. The zero-order valence-corrected chi connectivity index (χ0v) is 11.7.